The number of carbonyl (C=O) groups is 1. The maximum absolute atomic E-state index is 12.8. The van der Waals surface area contributed by atoms with Gasteiger partial charge in [-0.3, -0.25) is 9.69 Å². The van der Waals surface area contributed by atoms with Gasteiger partial charge in [-0.05, 0) is 61.8 Å². The van der Waals surface area contributed by atoms with Gasteiger partial charge in [0.05, 0.1) is 13.7 Å². The van der Waals surface area contributed by atoms with Crippen molar-refractivity contribution in [3.05, 3.63) is 52.5 Å². The van der Waals surface area contributed by atoms with Crippen LogP contribution in [0.5, 0.6) is 11.5 Å². The van der Waals surface area contributed by atoms with Gasteiger partial charge < -0.3 is 14.4 Å². The number of hydrogen-bond acceptors (Lipinski definition) is 4. The van der Waals surface area contributed by atoms with Crippen LogP contribution in [0, 0.1) is 0 Å². The van der Waals surface area contributed by atoms with Crippen molar-refractivity contribution >= 4 is 35.6 Å². The van der Waals surface area contributed by atoms with Crippen LogP contribution in [0.15, 0.2) is 36.4 Å². The van der Waals surface area contributed by atoms with E-state index in [1.807, 2.05) is 24.3 Å². The second-order valence-corrected chi connectivity index (χ2v) is 7.72. The monoisotopic (exact) mass is 436 g/mol. The SMILES string of the molecule is COc1ccc(N2Cc3cc(Cl)ccc3C2=O)cc1OCCN1CCCCC1.Cl. The number of hydrogen-bond donors (Lipinski definition) is 0. The highest BCUT2D eigenvalue weighted by atomic mass is 35.5. The van der Waals surface area contributed by atoms with Crippen LogP contribution in [0.4, 0.5) is 5.69 Å². The summed E-state index contributed by atoms with van der Waals surface area (Å²) >= 11 is 6.08. The first-order valence-electron chi connectivity index (χ1n) is 9.79. The summed E-state index contributed by atoms with van der Waals surface area (Å²) in [4.78, 5) is 17.0. The van der Waals surface area contributed by atoms with Gasteiger partial charge in [0.25, 0.3) is 5.91 Å². The van der Waals surface area contributed by atoms with Gasteiger partial charge in [0, 0.05) is 28.9 Å². The van der Waals surface area contributed by atoms with Crippen LogP contribution in [0.3, 0.4) is 0 Å². The molecule has 0 radical (unpaired) electrons. The Balaban J connectivity index is 0.00000240. The standard InChI is InChI=1S/C22H25ClN2O3.ClH/c1-27-20-8-6-18(14-21(20)28-12-11-24-9-3-2-4-10-24)25-15-16-13-17(23)5-7-19(16)22(25)26;/h5-8,13-14H,2-4,9-12,15H2,1H3;1H. The van der Waals surface area contributed by atoms with Crippen LogP contribution in [-0.2, 0) is 6.54 Å². The summed E-state index contributed by atoms with van der Waals surface area (Å²) in [6.45, 7) is 4.30. The van der Waals surface area contributed by atoms with Gasteiger partial charge in [0.15, 0.2) is 11.5 Å². The number of ether oxygens (including phenoxy) is 2. The molecule has 1 saturated heterocycles. The molecule has 0 spiro atoms. The van der Waals surface area contributed by atoms with Gasteiger partial charge in [-0.15, -0.1) is 12.4 Å². The summed E-state index contributed by atoms with van der Waals surface area (Å²) in [5, 5.41) is 0.643. The molecule has 0 N–H and O–H groups in total. The molecule has 0 aromatic heterocycles. The van der Waals surface area contributed by atoms with E-state index in [2.05, 4.69) is 4.90 Å². The Hall–Kier alpha value is -1.95. The third-order valence-corrected chi connectivity index (χ3v) is 5.68. The van der Waals surface area contributed by atoms with Crippen LogP contribution in [0.2, 0.25) is 5.02 Å². The van der Waals surface area contributed by atoms with E-state index in [1.54, 1.807) is 24.1 Å². The van der Waals surface area contributed by atoms with E-state index in [1.165, 1.54) is 19.3 Å². The number of rotatable bonds is 6. The molecule has 1 fully saturated rings. The van der Waals surface area contributed by atoms with Gasteiger partial charge >= 0.3 is 0 Å². The number of carbonyl (C=O) groups excluding carboxylic acids is 1. The number of fused-ring (bicyclic) bond motifs is 1. The summed E-state index contributed by atoms with van der Waals surface area (Å²) in [6, 6.07) is 11.0. The molecule has 0 unspecified atom stereocenters. The Morgan fingerprint density at radius 3 is 2.59 bits per heavy atom. The highest BCUT2D eigenvalue weighted by Crippen LogP contribution is 2.36. The Bertz CT molecular complexity index is 869. The van der Waals surface area contributed by atoms with Gasteiger partial charge in [0.1, 0.15) is 6.61 Å². The van der Waals surface area contributed by atoms with Crippen molar-refractivity contribution < 1.29 is 14.3 Å². The van der Waals surface area contributed by atoms with E-state index >= 15 is 0 Å². The molecule has 5 nitrogen and oxygen atoms in total. The number of benzene rings is 2. The normalized spacial score (nSPS) is 16.3. The molecule has 4 rings (SSSR count). The molecule has 29 heavy (non-hydrogen) atoms. The zero-order chi connectivity index (χ0) is 19.5. The van der Waals surface area contributed by atoms with Crippen LogP contribution in [-0.4, -0.2) is 44.2 Å². The lowest BCUT2D eigenvalue weighted by molar-refractivity contribution is 0.0996. The number of halogens is 2. The van der Waals surface area contributed by atoms with Crippen molar-refractivity contribution in [1.29, 1.82) is 0 Å². The van der Waals surface area contributed by atoms with E-state index < -0.39 is 0 Å². The molecule has 7 heteroatoms. The number of piperidine rings is 1. The summed E-state index contributed by atoms with van der Waals surface area (Å²) in [6.07, 6.45) is 3.85. The molecule has 0 saturated carbocycles. The molecular formula is C22H26Cl2N2O3. The first kappa shape index (κ1) is 21.8. The highest BCUT2D eigenvalue weighted by Gasteiger charge is 2.29. The fraction of sp³-hybridized carbons (Fsp3) is 0.409. The number of likely N-dealkylation sites (tertiary alicyclic amines) is 1. The Labute approximate surface area is 182 Å². The molecule has 2 aliphatic rings. The lowest BCUT2D eigenvalue weighted by atomic mass is 10.1. The van der Waals surface area contributed by atoms with Gasteiger partial charge in [-0.1, -0.05) is 18.0 Å². The predicted octanol–water partition coefficient (Wildman–Crippen LogP) is 4.80. The lowest BCUT2D eigenvalue weighted by Gasteiger charge is -2.26. The average molecular weight is 437 g/mol. The van der Waals surface area contributed by atoms with Gasteiger partial charge in [-0.25, -0.2) is 0 Å². The number of amides is 1. The van der Waals surface area contributed by atoms with Crippen LogP contribution < -0.4 is 14.4 Å². The predicted molar refractivity (Wildman–Crippen MR) is 118 cm³/mol. The second kappa shape index (κ2) is 9.70. The zero-order valence-corrected chi connectivity index (χ0v) is 18.1. The summed E-state index contributed by atoms with van der Waals surface area (Å²) in [7, 11) is 1.63. The maximum Gasteiger partial charge on any atom is 0.258 e. The van der Waals surface area contributed by atoms with E-state index in [-0.39, 0.29) is 18.3 Å². The molecule has 2 aromatic rings. The molecule has 2 aliphatic heterocycles. The minimum absolute atomic E-state index is 0. The third kappa shape index (κ3) is 4.80. The van der Waals surface area contributed by atoms with Crippen molar-refractivity contribution in [1.82, 2.24) is 4.90 Å². The Morgan fingerprint density at radius 2 is 1.83 bits per heavy atom. The molecule has 0 aliphatic carbocycles. The average Bonchev–Trinajstić information content (AvgIpc) is 3.04. The lowest BCUT2D eigenvalue weighted by Crippen LogP contribution is -2.33. The first-order valence-corrected chi connectivity index (χ1v) is 10.2. The van der Waals surface area contributed by atoms with E-state index in [0.717, 1.165) is 30.9 Å². The first-order chi connectivity index (χ1) is 13.7. The minimum Gasteiger partial charge on any atom is -0.493 e. The van der Waals surface area contributed by atoms with E-state index in [0.29, 0.717) is 35.2 Å². The van der Waals surface area contributed by atoms with Crippen LogP contribution >= 0.6 is 24.0 Å². The zero-order valence-electron chi connectivity index (χ0n) is 16.5. The molecule has 1 amide bonds. The van der Waals surface area contributed by atoms with E-state index in [4.69, 9.17) is 21.1 Å². The van der Waals surface area contributed by atoms with Crippen LogP contribution in [0.25, 0.3) is 0 Å². The van der Waals surface area contributed by atoms with Crippen molar-refractivity contribution in [2.45, 2.75) is 25.8 Å². The van der Waals surface area contributed by atoms with Crippen molar-refractivity contribution in [3.8, 4) is 11.5 Å². The fourth-order valence-electron chi connectivity index (χ4n) is 3.91. The molecule has 0 bridgehead atoms. The summed E-state index contributed by atoms with van der Waals surface area (Å²) in [5.41, 5.74) is 2.44. The molecule has 0 atom stereocenters. The quantitative estimate of drug-likeness (QED) is 0.652. The maximum atomic E-state index is 12.8. The topological polar surface area (TPSA) is 42.0 Å². The number of methoxy groups -OCH3 is 1. The van der Waals surface area contributed by atoms with E-state index in [9.17, 15) is 4.79 Å². The summed E-state index contributed by atoms with van der Waals surface area (Å²) in [5.74, 6) is 1.32. The fourth-order valence-corrected chi connectivity index (χ4v) is 4.11. The molecule has 156 valence electrons. The van der Waals surface area contributed by atoms with Crippen LogP contribution in [0.1, 0.15) is 35.2 Å². The Morgan fingerprint density at radius 1 is 1.03 bits per heavy atom. The smallest absolute Gasteiger partial charge is 0.258 e. The third-order valence-electron chi connectivity index (χ3n) is 5.44. The number of nitrogens with zero attached hydrogens (tertiary/aromatic N) is 2. The molecule has 2 aromatic carbocycles. The summed E-state index contributed by atoms with van der Waals surface area (Å²) < 4.78 is 11.5. The minimum atomic E-state index is -0.0175. The van der Waals surface area contributed by atoms with Crippen molar-refractivity contribution in [2.75, 3.05) is 38.3 Å². The Kier molecular flexibility index (Phi) is 7.28. The second-order valence-electron chi connectivity index (χ2n) is 7.28. The molecular weight excluding hydrogens is 411 g/mol. The van der Waals surface area contributed by atoms with Crippen molar-refractivity contribution in [2.24, 2.45) is 0 Å². The van der Waals surface area contributed by atoms with Gasteiger partial charge in [0.2, 0.25) is 0 Å². The highest BCUT2D eigenvalue weighted by molar-refractivity contribution is 6.31. The van der Waals surface area contributed by atoms with Gasteiger partial charge in [-0.2, -0.15) is 0 Å². The number of anilines is 1. The van der Waals surface area contributed by atoms with Crippen molar-refractivity contribution in [3.63, 3.8) is 0 Å². The largest absolute Gasteiger partial charge is 0.493 e. The molecule has 2 heterocycles.